The summed E-state index contributed by atoms with van der Waals surface area (Å²) < 4.78 is 5.67. The highest BCUT2D eigenvalue weighted by Gasteiger charge is 2.20. The standard InChI is InChI=1S/C22H23N3O4/c1-12-6-4-5-7-16(12)19-11-24-22(28)18-10-15(8-9-17(18)19)29-14(3)21(27)25-13(2)20(23)26/h4-11,13-14H,1-3H3,(H2,23,26)(H,24,28)(H,25,27)/t13-,14+/m1/s1. The summed E-state index contributed by atoms with van der Waals surface area (Å²) in [5.41, 5.74) is 7.93. The average Bonchev–Trinajstić information content (AvgIpc) is 2.69. The van der Waals surface area contributed by atoms with E-state index in [1.54, 1.807) is 31.3 Å². The smallest absolute Gasteiger partial charge is 0.261 e. The number of H-pyrrole nitrogens is 1. The van der Waals surface area contributed by atoms with Crippen molar-refractivity contribution in [2.45, 2.75) is 32.9 Å². The minimum atomic E-state index is -0.868. The van der Waals surface area contributed by atoms with Crippen LogP contribution in [0.3, 0.4) is 0 Å². The van der Waals surface area contributed by atoms with Crippen molar-refractivity contribution >= 4 is 22.6 Å². The number of aryl methyl sites for hydroxylation is 1. The predicted molar refractivity (Wildman–Crippen MR) is 112 cm³/mol. The summed E-state index contributed by atoms with van der Waals surface area (Å²) in [7, 11) is 0. The van der Waals surface area contributed by atoms with Crippen LogP contribution in [0.15, 0.2) is 53.5 Å². The Morgan fingerprint density at radius 1 is 1.07 bits per heavy atom. The lowest BCUT2D eigenvalue weighted by Crippen LogP contribution is -2.47. The lowest BCUT2D eigenvalue weighted by molar-refractivity contribution is -0.131. The van der Waals surface area contributed by atoms with E-state index in [1.165, 1.54) is 6.92 Å². The first-order valence-electron chi connectivity index (χ1n) is 9.25. The Morgan fingerprint density at radius 3 is 2.48 bits per heavy atom. The van der Waals surface area contributed by atoms with Gasteiger partial charge in [0.15, 0.2) is 6.10 Å². The molecule has 7 heteroatoms. The number of primary amides is 1. The van der Waals surface area contributed by atoms with Gasteiger partial charge in [-0.15, -0.1) is 0 Å². The Bertz CT molecular complexity index is 1140. The zero-order chi connectivity index (χ0) is 21.1. The number of benzene rings is 2. The molecule has 3 aromatic rings. The maximum absolute atomic E-state index is 12.4. The van der Waals surface area contributed by atoms with E-state index in [4.69, 9.17) is 10.5 Å². The fourth-order valence-corrected chi connectivity index (χ4v) is 3.07. The van der Waals surface area contributed by atoms with Gasteiger partial charge in [-0.3, -0.25) is 14.4 Å². The van der Waals surface area contributed by atoms with Crippen LogP contribution in [0.1, 0.15) is 19.4 Å². The molecule has 0 bridgehead atoms. The van der Waals surface area contributed by atoms with E-state index >= 15 is 0 Å². The summed E-state index contributed by atoms with van der Waals surface area (Å²) in [6.07, 6.45) is 0.835. The number of amides is 2. The first-order valence-corrected chi connectivity index (χ1v) is 9.25. The Kier molecular flexibility index (Phi) is 5.68. The van der Waals surface area contributed by atoms with Crippen molar-refractivity contribution in [3.63, 3.8) is 0 Å². The molecular formula is C22H23N3O4. The van der Waals surface area contributed by atoms with Gasteiger partial charge in [-0.25, -0.2) is 0 Å². The number of fused-ring (bicyclic) bond motifs is 1. The molecule has 4 N–H and O–H groups in total. The highest BCUT2D eigenvalue weighted by atomic mass is 16.5. The van der Waals surface area contributed by atoms with Gasteiger partial charge in [0.05, 0.1) is 5.39 Å². The first kappa shape index (κ1) is 20.1. The second-order valence-electron chi connectivity index (χ2n) is 6.95. The Labute approximate surface area is 167 Å². The third-order valence-corrected chi connectivity index (χ3v) is 4.78. The molecule has 1 aromatic heterocycles. The molecule has 150 valence electrons. The monoisotopic (exact) mass is 393 g/mol. The maximum atomic E-state index is 12.4. The van der Waals surface area contributed by atoms with Gasteiger partial charge < -0.3 is 20.8 Å². The third-order valence-electron chi connectivity index (χ3n) is 4.78. The molecule has 1 heterocycles. The third kappa shape index (κ3) is 4.29. The Balaban J connectivity index is 1.92. The number of aromatic amines is 1. The van der Waals surface area contributed by atoms with Crippen molar-refractivity contribution in [2.75, 3.05) is 0 Å². The predicted octanol–water partition coefficient (Wildman–Crippen LogP) is 2.26. The Morgan fingerprint density at radius 2 is 1.79 bits per heavy atom. The molecule has 0 saturated carbocycles. The van der Waals surface area contributed by atoms with Crippen LogP contribution >= 0.6 is 0 Å². The van der Waals surface area contributed by atoms with E-state index in [-0.39, 0.29) is 5.56 Å². The lowest BCUT2D eigenvalue weighted by atomic mass is 9.97. The van der Waals surface area contributed by atoms with Gasteiger partial charge >= 0.3 is 0 Å². The summed E-state index contributed by atoms with van der Waals surface area (Å²) in [5.74, 6) is -0.732. The molecule has 0 radical (unpaired) electrons. The van der Waals surface area contributed by atoms with Gasteiger partial charge in [0, 0.05) is 11.8 Å². The van der Waals surface area contributed by atoms with Crippen LogP contribution in [0.25, 0.3) is 21.9 Å². The summed E-state index contributed by atoms with van der Waals surface area (Å²) >= 11 is 0. The van der Waals surface area contributed by atoms with Crippen molar-refractivity contribution < 1.29 is 14.3 Å². The van der Waals surface area contributed by atoms with E-state index in [1.807, 2.05) is 31.2 Å². The molecule has 2 aromatic carbocycles. The number of nitrogens with one attached hydrogen (secondary N) is 2. The second-order valence-corrected chi connectivity index (χ2v) is 6.95. The molecule has 2 atom stereocenters. The number of pyridine rings is 1. The van der Waals surface area contributed by atoms with Crippen LogP contribution in [-0.2, 0) is 9.59 Å². The summed E-state index contributed by atoms with van der Waals surface area (Å²) in [4.78, 5) is 38.4. The topological polar surface area (TPSA) is 114 Å². The van der Waals surface area contributed by atoms with Crippen LogP contribution in [0.5, 0.6) is 5.75 Å². The zero-order valence-corrected chi connectivity index (χ0v) is 16.5. The van der Waals surface area contributed by atoms with Crippen LogP contribution in [-0.4, -0.2) is 28.9 Å². The average molecular weight is 393 g/mol. The molecular weight excluding hydrogens is 370 g/mol. The quantitative estimate of drug-likeness (QED) is 0.596. The van der Waals surface area contributed by atoms with E-state index in [0.29, 0.717) is 11.1 Å². The molecule has 0 aliphatic carbocycles. The minimum absolute atomic E-state index is 0.248. The highest BCUT2D eigenvalue weighted by Crippen LogP contribution is 2.30. The highest BCUT2D eigenvalue weighted by molar-refractivity contribution is 5.97. The van der Waals surface area contributed by atoms with Crippen LogP contribution in [0, 0.1) is 6.92 Å². The number of carbonyl (C=O) groups is 2. The minimum Gasteiger partial charge on any atom is -0.481 e. The number of ether oxygens (including phenoxy) is 1. The maximum Gasteiger partial charge on any atom is 0.261 e. The van der Waals surface area contributed by atoms with Gasteiger partial charge in [0.1, 0.15) is 11.8 Å². The summed E-state index contributed by atoms with van der Waals surface area (Å²) in [6.45, 7) is 5.06. The van der Waals surface area contributed by atoms with Gasteiger partial charge in [-0.05, 0) is 55.5 Å². The van der Waals surface area contributed by atoms with Crippen molar-refractivity contribution in [3.05, 3.63) is 64.6 Å². The second kappa shape index (κ2) is 8.18. The SMILES string of the molecule is Cc1ccccc1-c1c[nH]c(=O)c2cc(O[C@@H](C)C(=O)N[C@H](C)C(N)=O)ccc12. The molecule has 0 aliphatic heterocycles. The van der Waals surface area contributed by atoms with E-state index in [0.717, 1.165) is 22.1 Å². The van der Waals surface area contributed by atoms with Crippen LogP contribution in [0.4, 0.5) is 0 Å². The molecule has 7 nitrogen and oxygen atoms in total. The number of hydrogen-bond acceptors (Lipinski definition) is 4. The lowest BCUT2D eigenvalue weighted by Gasteiger charge is -2.17. The van der Waals surface area contributed by atoms with Gasteiger partial charge in [-0.2, -0.15) is 0 Å². The molecule has 2 amide bonds. The van der Waals surface area contributed by atoms with E-state index < -0.39 is 24.0 Å². The zero-order valence-electron chi connectivity index (χ0n) is 16.5. The molecule has 0 spiro atoms. The largest absolute Gasteiger partial charge is 0.481 e. The fourth-order valence-electron chi connectivity index (χ4n) is 3.07. The molecule has 0 saturated heterocycles. The normalized spacial score (nSPS) is 12.9. The van der Waals surface area contributed by atoms with Gasteiger partial charge in [0.2, 0.25) is 5.91 Å². The van der Waals surface area contributed by atoms with E-state index in [9.17, 15) is 14.4 Å². The molecule has 0 aliphatic rings. The fraction of sp³-hybridized carbons (Fsp3) is 0.227. The molecule has 0 unspecified atom stereocenters. The number of hydrogen-bond donors (Lipinski definition) is 3. The van der Waals surface area contributed by atoms with Crippen LogP contribution < -0.4 is 21.3 Å². The number of nitrogens with two attached hydrogens (primary N) is 1. The van der Waals surface area contributed by atoms with Crippen molar-refractivity contribution in [1.29, 1.82) is 0 Å². The van der Waals surface area contributed by atoms with Gasteiger partial charge in [-0.1, -0.05) is 24.3 Å². The van der Waals surface area contributed by atoms with Crippen molar-refractivity contribution in [1.82, 2.24) is 10.3 Å². The number of aromatic nitrogens is 1. The molecule has 0 fully saturated rings. The van der Waals surface area contributed by atoms with E-state index in [2.05, 4.69) is 10.3 Å². The Hall–Kier alpha value is -3.61. The molecule has 3 rings (SSSR count). The number of carbonyl (C=O) groups excluding carboxylic acids is 2. The van der Waals surface area contributed by atoms with Crippen molar-refractivity contribution in [2.24, 2.45) is 5.73 Å². The van der Waals surface area contributed by atoms with Crippen molar-refractivity contribution in [3.8, 4) is 16.9 Å². The summed E-state index contributed by atoms with van der Waals surface area (Å²) in [5, 5.41) is 3.72. The van der Waals surface area contributed by atoms with Crippen LogP contribution in [0.2, 0.25) is 0 Å². The molecule has 29 heavy (non-hydrogen) atoms. The van der Waals surface area contributed by atoms with Gasteiger partial charge in [0.25, 0.3) is 11.5 Å². The summed E-state index contributed by atoms with van der Waals surface area (Å²) in [6, 6.07) is 12.2. The first-order chi connectivity index (χ1) is 13.8. The number of rotatable bonds is 6.